The van der Waals surface area contributed by atoms with Crippen molar-refractivity contribution in [3.8, 4) is 0 Å². The molecule has 0 amide bonds. The minimum Gasteiger partial charge on any atom is -0.356 e. The molecule has 0 saturated carbocycles. The van der Waals surface area contributed by atoms with E-state index in [9.17, 15) is 0 Å². The van der Waals surface area contributed by atoms with Crippen LogP contribution in [0.3, 0.4) is 0 Å². The summed E-state index contributed by atoms with van der Waals surface area (Å²) in [5.41, 5.74) is 0. The molecule has 1 rings (SSSR count). The van der Waals surface area contributed by atoms with Gasteiger partial charge in [-0.3, -0.25) is 0 Å². The van der Waals surface area contributed by atoms with Crippen molar-refractivity contribution in [2.75, 3.05) is 13.1 Å². The number of hydrogen-bond donors (Lipinski definition) is 0. The van der Waals surface area contributed by atoms with E-state index in [0.29, 0.717) is 6.17 Å². The summed E-state index contributed by atoms with van der Waals surface area (Å²) in [7, 11) is 0. The smallest absolute Gasteiger partial charge is 0.101 e. The van der Waals surface area contributed by atoms with Crippen molar-refractivity contribution < 1.29 is 0 Å². The summed E-state index contributed by atoms with van der Waals surface area (Å²) in [6.45, 7) is 9.29. The quantitative estimate of drug-likeness (QED) is 0.230. The van der Waals surface area contributed by atoms with Gasteiger partial charge in [0.1, 0.15) is 6.17 Å². The maximum Gasteiger partial charge on any atom is 0.101 e. The van der Waals surface area contributed by atoms with Crippen LogP contribution >= 0.6 is 0 Å². The Labute approximate surface area is 165 Å². The number of hydrogen-bond acceptors (Lipinski definition) is 2. The Kier molecular flexibility index (Phi) is 14.8. The van der Waals surface area contributed by atoms with Gasteiger partial charge in [0.2, 0.25) is 0 Å². The lowest BCUT2D eigenvalue weighted by atomic mass is 10.1. The fourth-order valence-electron chi connectivity index (χ4n) is 4.14. The van der Waals surface area contributed by atoms with E-state index < -0.39 is 0 Å². The lowest BCUT2D eigenvalue weighted by Gasteiger charge is -2.32. The van der Waals surface area contributed by atoms with Crippen molar-refractivity contribution in [3.05, 3.63) is 12.4 Å². The molecule has 0 saturated heterocycles. The molecule has 26 heavy (non-hydrogen) atoms. The van der Waals surface area contributed by atoms with Gasteiger partial charge in [0.25, 0.3) is 0 Å². The Hall–Kier alpha value is -0.660. The predicted molar refractivity (Wildman–Crippen MR) is 117 cm³/mol. The van der Waals surface area contributed by atoms with Crippen LogP contribution in [0.25, 0.3) is 0 Å². The SMILES string of the molecule is CCCCCCCCCCCN1C=CN(CC)C1CCCCCCCC. The van der Waals surface area contributed by atoms with E-state index >= 15 is 0 Å². The molecule has 0 spiro atoms. The van der Waals surface area contributed by atoms with Crippen molar-refractivity contribution >= 4 is 0 Å². The summed E-state index contributed by atoms with van der Waals surface area (Å²) < 4.78 is 0. The van der Waals surface area contributed by atoms with Gasteiger partial charge in [-0.25, -0.2) is 0 Å². The molecule has 0 bridgehead atoms. The first-order valence-electron chi connectivity index (χ1n) is 12.0. The van der Waals surface area contributed by atoms with Crippen LogP contribution in [0.2, 0.25) is 0 Å². The van der Waals surface area contributed by atoms with E-state index in [4.69, 9.17) is 0 Å². The van der Waals surface area contributed by atoms with E-state index in [1.54, 1.807) is 0 Å². The zero-order valence-corrected chi connectivity index (χ0v) is 18.4. The summed E-state index contributed by atoms with van der Waals surface area (Å²) in [4.78, 5) is 5.16. The van der Waals surface area contributed by atoms with Gasteiger partial charge >= 0.3 is 0 Å². The van der Waals surface area contributed by atoms with Crippen LogP contribution in [0.15, 0.2) is 12.4 Å². The number of unbranched alkanes of at least 4 members (excludes halogenated alkanes) is 13. The maximum absolute atomic E-state index is 2.62. The highest BCUT2D eigenvalue weighted by atomic mass is 15.4. The van der Waals surface area contributed by atoms with Gasteiger partial charge in [0, 0.05) is 25.5 Å². The molecule has 0 N–H and O–H groups in total. The fraction of sp³-hybridized carbons (Fsp3) is 0.917. The van der Waals surface area contributed by atoms with Crippen molar-refractivity contribution in [1.29, 1.82) is 0 Å². The van der Waals surface area contributed by atoms with E-state index in [2.05, 4.69) is 43.0 Å². The van der Waals surface area contributed by atoms with Crippen molar-refractivity contribution in [1.82, 2.24) is 9.80 Å². The third-order valence-corrected chi connectivity index (χ3v) is 5.92. The standard InChI is InChI=1S/C24H48N2/c1-4-7-9-11-13-14-15-17-19-21-26-23-22-25(6-3)24(26)20-18-16-12-10-8-5-2/h22-24H,4-21H2,1-3H3. The van der Waals surface area contributed by atoms with Gasteiger partial charge < -0.3 is 9.80 Å². The van der Waals surface area contributed by atoms with Crippen molar-refractivity contribution in [2.45, 2.75) is 130 Å². The summed E-state index contributed by atoms with van der Waals surface area (Å²) in [5, 5.41) is 0. The van der Waals surface area contributed by atoms with Crippen molar-refractivity contribution in [2.24, 2.45) is 0 Å². The summed E-state index contributed by atoms with van der Waals surface area (Å²) >= 11 is 0. The van der Waals surface area contributed by atoms with E-state index in [0.717, 1.165) is 6.54 Å². The molecular formula is C24H48N2. The van der Waals surface area contributed by atoms with E-state index in [-0.39, 0.29) is 0 Å². The Morgan fingerprint density at radius 3 is 1.54 bits per heavy atom. The van der Waals surface area contributed by atoms with Gasteiger partial charge in [-0.1, -0.05) is 97.3 Å². The van der Waals surface area contributed by atoms with Gasteiger partial charge in [-0.15, -0.1) is 0 Å². The first-order valence-corrected chi connectivity index (χ1v) is 12.0. The first-order chi connectivity index (χ1) is 12.8. The summed E-state index contributed by atoms with van der Waals surface area (Å²) in [6, 6.07) is 0. The molecule has 154 valence electrons. The van der Waals surface area contributed by atoms with Gasteiger partial charge in [-0.2, -0.15) is 0 Å². The second kappa shape index (κ2) is 16.5. The molecule has 0 aromatic heterocycles. The Bertz CT molecular complexity index is 326. The average Bonchev–Trinajstić information content (AvgIpc) is 3.05. The maximum atomic E-state index is 2.62. The normalized spacial score (nSPS) is 16.8. The van der Waals surface area contributed by atoms with Crippen molar-refractivity contribution in [3.63, 3.8) is 0 Å². The molecule has 1 unspecified atom stereocenters. The lowest BCUT2D eigenvalue weighted by Crippen LogP contribution is -2.38. The summed E-state index contributed by atoms with van der Waals surface area (Å²) in [6.07, 6.45) is 27.9. The second-order valence-electron chi connectivity index (χ2n) is 8.23. The Morgan fingerprint density at radius 2 is 1.00 bits per heavy atom. The van der Waals surface area contributed by atoms with E-state index in [1.807, 2.05) is 0 Å². The molecule has 0 radical (unpaired) electrons. The highest BCUT2D eigenvalue weighted by Gasteiger charge is 2.23. The average molecular weight is 365 g/mol. The molecule has 1 atom stereocenters. The monoisotopic (exact) mass is 364 g/mol. The summed E-state index contributed by atoms with van der Waals surface area (Å²) in [5.74, 6) is 0. The van der Waals surface area contributed by atoms with Crippen LogP contribution in [0.1, 0.15) is 124 Å². The molecule has 1 aliphatic rings. The zero-order valence-electron chi connectivity index (χ0n) is 18.4. The fourth-order valence-corrected chi connectivity index (χ4v) is 4.14. The van der Waals surface area contributed by atoms with Crippen LogP contribution in [0, 0.1) is 0 Å². The molecule has 0 aromatic rings. The van der Waals surface area contributed by atoms with E-state index in [1.165, 1.54) is 109 Å². The number of nitrogens with zero attached hydrogens (tertiary/aromatic N) is 2. The highest BCUT2D eigenvalue weighted by Crippen LogP contribution is 2.22. The van der Waals surface area contributed by atoms with Crippen LogP contribution in [0.4, 0.5) is 0 Å². The topological polar surface area (TPSA) is 6.48 Å². The molecule has 1 aliphatic heterocycles. The second-order valence-corrected chi connectivity index (χ2v) is 8.23. The number of rotatable bonds is 18. The molecule has 0 fully saturated rings. The van der Waals surface area contributed by atoms with Crippen LogP contribution in [-0.4, -0.2) is 29.1 Å². The minimum absolute atomic E-state index is 0.639. The van der Waals surface area contributed by atoms with Crippen LogP contribution in [-0.2, 0) is 0 Å². The molecule has 2 nitrogen and oxygen atoms in total. The highest BCUT2D eigenvalue weighted by molar-refractivity contribution is 4.96. The molecular weight excluding hydrogens is 316 g/mol. The molecule has 0 aromatic carbocycles. The third kappa shape index (κ3) is 10.5. The minimum atomic E-state index is 0.639. The van der Waals surface area contributed by atoms with Gasteiger partial charge in [0.15, 0.2) is 0 Å². The largest absolute Gasteiger partial charge is 0.356 e. The lowest BCUT2D eigenvalue weighted by molar-refractivity contribution is 0.142. The zero-order chi connectivity index (χ0) is 18.9. The van der Waals surface area contributed by atoms with Gasteiger partial charge in [-0.05, 0) is 26.2 Å². The Morgan fingerprint density at radius 1 is 0.538 bits per heavy atom. The predicted octanol–water partition coefficient (Wildman–Crippen LogP) is 7.70. The first kappa shape index (κ1) is 23.4. The molecule has 2 heteroatoms. The molecule has 0 aliphatic carbocycles. The van der Waals surface area contributed by atoms with Crippen LogP contribution in [0.5, 0.6) is 0 Å². The molecule has 1 heterocycles. The van der Waals surface area contributed by atoms with Crippen LogP contribution < -0.4 is 0 Å². The van der Waals surface area contributed by atoms with Gasteiger partial charge in [0.05, 0.1) is 0 Å². The third-order valence-electron chi connectivity index (χ3n) is 5.92. The Balaban J connectivity index is 2.09.